The second kappa shape index (κ2) is 6.13. The molecule has 2 atom stereocenters. The summed E-state index contributed by atoms with van der Waals surface area (Å²) in [6.07, 6.45) is 0. The average molecular weight is 364 g/mol. The van der Waals surface area contributed by atoms with Crippen molar-refractivity contribution in [3.63, 3.8) is 0 Å². The fourth-order valence-electron chi connectivity index (χ4n) is 2.11. The van der Waals surface area contributed by atoms with Crippen LogP contribution >= 0.6 is 15.9 Å². The predicted octanol–water partition coefficient (Wildman–Crippen LogP) is 4.00. The van der Waals surface area contributed by atoms with Crippen LogP contribution in [0.4, 0.5) is 0 Å². The fraction of sp³-hybridized carbons (Fsp3) is 0.125. The number of rotatable bonds is 4. The van der Waals surface area contributed by atoms with Crippen molar-refractivity contribution in [1.29, 1.82) is 0 Å². The first-order valence-electron chi connectivity index (χ1n) is 6.51. The number of benzene rings is 2. The van der Waals surface area contributed by atoms with Crippen molar-refractivity contribution in [1.82, 2.24) is 0 Å². The minimum Gasteiger partial charge on any atom is -0.459 e. The van der Waals surface area contributed by atoms with Crippen LogP contribution in [-0.2, 0) is 10.8 Å². The third-order valence-corrected chi connectivity index (χ3v) is 5.21. The van der Waals surface area contributed by atoms with Crippen molar-refractivity contribution >= 4 is 37.7 Å². The van der Waals surface area contributed by atoms with Gasteiger partial charge in [0.2, 0.25) is 0 Å². The third-order valence-electron chi connectivity index (χ3n) is 3.22. The number of hydrogen-bond donors (Lipinski definition) is 1. The third kappa shape index (κ3) is 3.26. The van der Waals surface area contributed by atoms with Crippen LogP contribution < -0.4 is 5.73 Å². The topological polar surface area (TPSA) is 56.2 Å². The summed E-state index contributed by atoms with van der Waals surface area (Å²) in [6, 6.07) is 16.7. The molecule has 0 radical (unpaired) electrons. The van der Waals surface area contributed by atoms with Gasteiger partial charge in [-0.3, -0.25) is 4.21 Å². The van der Waals surface area contributed by atoms with E-state index < -0.39 is 10.8 Å². The summed E-state index contributed by atoms with van der Waals surface area (Å²) in [4.78, 5) is 0.768. The van der Waals surface area contributed by atoms with Crippen molar-refractivity contribution in [3.8, 4) is 0 Å². The van der Waals surface area contributed by atoms with E-state index in [-0.39, 0.29) is 6.04 Å². The lowest BCUT2D eigenvalue weighted by Gasteiger charge is -2.08. The molecular formula is C16H14BrNO2S. The molecule has 0 aliphatic carbocycles. The molecule has 3 rings (SSSR count). The molecule has 1 heterocycles. The number of hydrogen-bond acceptors (Lipinski definition) is 3. The summed E-state index contributed by atoms with van der Waals surface area (Å²) in [5.41, 5.74) is 6.93. The van der Waals surface area contributed by atoms with E-state index in [1.54, 1.807) is 0 Å². The summed E-state index contributed by atoms with van der Waals surface area (Å²) in [7, 11) is -1.15. The van der Waals surface area contributed by atoms with E-state index in [9.17, 15) is 4.21 Å². The molecule has 2 aromatic carbocycles. The summed E-state index contributed by atoms with van der Waals surface area (Å²) in [5.74, 6) is 1.00. The van der Waals surface area contributed by atoms with Gasteiger partial charge in [0.1, 0.15) is 11.3 Å². The van der Waals surface area contributed by atoms with E-state index in [1.165, 1.54) is 0 Å². The molecular weight excluding hydrogens is 350 g/mol. The maximum absolute atomic E-state index is 12.3. The molecule has 2 unspecified atom stereocenters. The lowest BCUT2D eigenvalue weighted by molar-refractivity contribution is 0.513. The Morgan fingerprint density at radius 1 is 1.14 bits per heavy atom. The molecule has 2 N–H and O–H groups in total. The van der Waals surface area contributed by atoms with Crippen molar-refractivity contribution in [2.45, 2.75) is 10.9 Å². The molecule has 3 nitrogen and oxygen atoms in total. The Morgan fingerprint density at radius 2 is 1.86 bits per heavy atom. The largest absolute Gasteiger partial charge is 0.459 e. The lowest BCUT2D eigenvalue weighted by atomic mass is 10.2. The smallest absolute Gasteiger partial charge is 0.134 e. The van der Waals surface area contributed by atoms with Crippen LogP contribution in [0, 0.1) is 0 Å². The van der Waals surface area contributed by atoms with Gasteiger partial charge in [0.15, 0.2) is 0 Å². The first kappa shape index (κ1) is 14.5. The van der Waals surface area contributed by atoms with E-state index in [4.69, 9.17) is 10.2 Å². The zero-order valence-electron chi connectivity index (χ0n) is 11.2. The first-order valence-corrected chi connectivity index (χ1v) is 8.62. The number of fused-ring (bicyclic) bond motifs is 1. The zero-order chi connectivity index (χ0) is 14.8. The van der Waals surface area contributed by atoms with Gasteiger partial charge in [0, 0.05) is 14.8 Å². The fourth-order valence-corrected chi connectivity index (χ4v) is 3.50. The van der Waals surface area contributed by atoms with E-state index in [1.807, 2.05) is 54.6 Å². The van der Waals surface area contributed by atoms with Gasteiger partial charge in [-0.25, -0.2) is 0 Å². The van der Waals surface area contributed by atoms with Crippen molar-refractivity contribution in [2.75, 3.05) is 5.75 Å². The lowest BCUT2D eigenvalue weighted by Crippen LogP contribution is -2.17. The van der Waals surface area contributed by atoms with Gasteiger partial charge in [-0.05, 0) is 36.4 Å². The van der Waals surface area contributed by atoms with Crippen LogP contribution in [0.2, 0.25) is 0 Å². The van der Waals surface area contributed by atoms with Crippen LogP contribution in [0.1, 0.15) is 11.8 Å². The Kier molecular flexibility index (Phi) is 4.24. The Hall–Kier alpha value is -1.43. The van der Waals surface area contributed by atoms with Gasteiger partial charge < -0.3 is 10.2 Å². The van der Waals surface area contributed by atoms with Gasteiger partial charge in [-0.1, -0.05) is 34.1 Å². The molecule has 0 aliphatic rings. The van der Waals surface area contributed by atoms with Gasteiger partial charge in [0.05, 0.1) is 22.6 Å². The number of nitrogens with two attached hydrogens (primary N) is 1. The molecule has 21 heavy (non-hydrogen) atoms. The van der Waals surface area contributed by atoms with Crippen LogP contribution in [0.25, 0.3) is 11.0 Å². The molecule has 108 valence electrons. The number of para-hydroxylation sites is 1. The highest BCUT2D eigenvalue weighted by atomic mass is 79.9. The maximum atomic E-state index is 12.3. The van der Waals surface area contributed by atoms with E-state index in [0.717, 1.165) is 20.3 Å². The summed E-state index contributed by atoms with van der Waals surface area (Å²) in [5, 5.41) is 1.01. The minimum absolute atomic E-state index is 0.335. The monoisotopic (exact) mass is 363 g/mol. The van der Waals surface area contributed by atoms with Crippen molar-refractivity contribution in [3.05, 3.63) is 64.8 Å². The molecule has 0 aliphatic heterocycles. The van der Waals surface area contributed by atoms with Crippen molar-refractivity contribution < 1.29 is 8.63 Å². The second-order valence-electron chi connectivity index (χ2n) is 4.76. The molecule has 3 aromatic rings. The Morgan fingerprint density at radius 3 is 2.57 bits per heavy atom. The summed E-state index contributed by atoms with van der Waals surface area (Å²) in [6.45, 7) is 0. The molecule has 0 fully saturated rings. The Labute approximate surface area is 133 Å². The molecule has 0 amide bonds. The molecule has 0 saturated carbocycles. The number of halogens is 1. The molecule has 1 aromatic heterocycles. The van der Waals surface area contributed by atoms with Crippen molar-refractivity contribution in [2.24, 2.45) is 5.73 Å². The highest BCUT2D eigenvalue weighted by Gasteiger charge is 2.16. The minimum atomic E-state index is -1.15. The van der Waals surface area contributed by atoms with Gasteiger partial charge in [-0.15, -0.1) is 0 Å². The van der Waals surface area contributed by atoms with E-state index >= 15 is 0 Å². The SMILES string of the molecule is NC(CS(=O)c1ccc(Br)cc1)c1cc2ccccc2o1. The normalized spacial score (nSPS) is 14.2. The maximum Gasteiger partial charge on any atom is 0.134 e. The highest BCUT2D eigenvalue weighted by Crippen LogP contribution is 2.24. The van der Waals surface area contributed by atoms with Crippen LogP contribution in [0.5, 0.6) is 0 Å². The summed E-state index contributed by atoms with van der Waals surface area (Å²) < 4.78 is 19.0. The number of furan rings is 1. The quantitative estimate of drug-likeness (QED) is 0.761. The Bertz CT molecular complexity index is 749. The first-order chi connectivity index (χ1) is 10.1. The predicted molar refractivity (Wildman–Crippen MR) is 88.6 cm³/mol. The van der Waals surface area contributed by atoms with Crippen LogP contribution in [0.15, 0.2) is 68.4 Å². The highest BCUT2D eigenvalue weighted by molar-refractivity contribution is 9.10. The van der Waals surface area contributed by atoms with Gasteiger partial charge >= 0.3 is 0 Å². The van der Waals surface area contributed by atoms with E-state index in [0.29, 0.717) is 11.5 Å². The van der Waals surface area contributed by atoms with Crippen LogP contribution in [-0.4, -0.2) is 9.96 Å². The molecule has 0 saturated heterocycles. The Balaban J connectivity index is 1.77. The molecule has 5 heteroatoms. The molecule has 0 bridgehead atoms. The zero-order valence-corrected chi connectivity index (χ0v) is 13.6. The van der Waals surface area contributed by atoms with Crippen LogP contribution in [0.3, 0.4) is 0 Å². The average Bonchev–Trinajstić information content (AvgIpc) is 2.92. The van der Waals surface area contributed by atoms with Gasteiger partial charge in [-0.2, -0.15) is 0 Å². The standard InChI is InChI=1S/C16H14BrNO2S/c17-12-5-7-13(8-6-12)21(19)10-14(18)16-9-11-3-1-2-4-15(11)20-16/h1-9,14H,10,18H2. The second-order valence-corrected chi connectivity index (χ2v) is 7.17. The van der Waals surface area contributed by atoms with E-state index in [2.05, 4.69) is 15.9 Å². The molecule has 0 spiro atoms. The van der Waals surface area contributed by atoms with Gasteiger partial charge in [0.25, 0.3) is 0 Å². The summed E-state index contributed by atoms with van der Waals surface area (Å²) >= 11 is 3.36.